The second-order valence-corrected chi connectivity index (χ2v) is 10.1. The number of unbranched alkanes of at least 4 members (excludes halogenated alkanes) is 3. The average Bonchev–Trinajstić information content (AvgIpc) is 2.68. The van der Waals surface area contributed by atoms with Crippen molar-refractivity contribution in [2.24, 2.45) is 0 Å². The monoisotopic (exact) mass is 392 g/mol. The zero-order chi connectivity index (χ0) is 20.0. The van der Waals surface area contributed by atoms with Gasteiger partial charge in [-0.2, -0.15) is 0 Å². The van der Waals surface area contributed by atoms with Crippen LogP contribution in [-0.4, -0.2) is 34.4 Å². The van der Waals surface area contributed by atoms with Crippen LogP contribution in [0.25, 0.3) is 0 Å². The molecular weight excluding hydrogens is 356 g/mol. The van der Waals surface area contributed by atoms with Gasteiger partial charge >= 0.3 is 14.5 Å². The van der Waals surface area contributed by atoms with Crippen LogP contribution in [0.5, 0.6) is 0 Å². The Morgan fingerprint density at radius 3 is 2.04 bits per heavy atom. The lowest BCUT2D eigenvalue weighted by atomic mass is 10.3. The highest BCUT2D eigenvalue weighted by Gasteiger charge is 2.39. The first kappa shape index (κ1) is 23.6. The van der Waals surface area contributed by atoms with Crippen LogP contribution in [0.1, 0.15) is 59.3 Å². The SMILES string of the molecule is C=C(C)C(=O)OCCCC[Si](OCCCC)(OCCCC)c1ccccc1. The van der Waals surface area contributed by atoms with Crippen LogP contribution in [0.4, 0.5) is 0 Å². The number of benzene rings is 1. The Labute approximate surface area is 166 Å². The molecular formula is C22H36O4Si. The van der Waals surface area contributed by atoms with E-state index in [0.29, 0.717) is 12.2 Å². The topological polar surface area (TPSA) is 44.8 Å². The van der Waals surface area contributed by atoms with Crippen molar-refractivity contribution in [1.82, 2.24) is 0 Å². The van der Waals surface area contributed by atoms with E-state index >= 15 is 0 Å². The lowest BCUT2D eigenvalue weighted by Crippen LogP contribution is -2.54. The normalized spacial score (nSPS) is 11.4. The predicted octanol–water partition coefficient (Wildman–Crippen LogP) is 4.87. The molecule has 0 aliphatic rings. The minimum absolute atomic E-state index is 0.319. The first-order valence-electron chi connectivity index (χ1n) is 10.2. The lowest BCUT2D eigenvalue weighted by Gasteiger charge is -2.31. The third kappa shape index (κ3) is 8.87. The van der Waals surface area contributed by atoms with E-state index in [1.54, 1.807) is 6.92 Å². The van der Waals surface area contributed by atoms with Crippen molar-refractivity contribution < 1.29 is 18.4 Å². The summed E-state index contributed by atoms with van der Waals surface area (Å²) in [6, 6.07) is 11.3. The molecule has 1 rings (SSSR count). The molecule has 1 aromatic rings. The van der Waals surface area contributed by atoms with Gasteiger partial charge in [-0.3, -0.25) is 0 Å². The summed E-state index contributed by atoms with van der Waals surface area (Å²) in [4.78, 5) is 11.5. The number of hydrogen-bond acceptors (Lipinski definition) is 4. The zero-order valence-electron chi connectivity index (χ0n) is 17.3. The van der Waals surface area contributed by atoms with Crippen molar-refractivity contribution in [3.05, 3.63) is 42.5 Å². The van der Waals surface area contributed by atoms with Crippen molar-refractivity contribution in [1.29, 1.82) is 0 Å². The van der Waals surface area contributed by atoms with Crippen molar-refractivity contribution in [3.63, 3.8) is 0 Å². The maximum Gasteiger partial charge on any atom is 0.372 e. The van der Waals surface area contributed by atoms with E-state index < -0.39 is 8.56 Å². The summed E-state index contributed by atoms with van der Waals surface area (Å²) in [6.45, 7) is 11.5. The molecule has 0 saturated heterocycles. The summed E-state index contributed by atoms with van der Waals surface area (Å²) >= 11 is 0. The Morgan fingerprint density at radius 1 is 0.926 bits per heavy atom. The molecule has 0 fully saturated rings. The number of ether oxygens (including phenoxy) is 1. The van der Waals surface area contributed by atoms with Gasteiger partial charge in [0.25, 0.3) is 0 Å². The second-order valence-electron chi connectivity index (χ2n) is 6.90. The fourth-order valence-corrected chi connectivity index (χ4v) is 6.06. The van der Waals surface area contributed by atoms with E-state index in [9.17, 15) is 4.79 Å². The Kier molecular flexibility index (Phi) is 12.0. The molecule has 0 atom stereocenters. The molecule has 5 heteroatoms. The minimum Gasteiger partial charge on any atom is -0.462 e. The minimum atomic E-state index is -2.50. The van der Waals surface area contributed by atoms with Gasteiger partial charge < -0.3 is 13.6 Å². The maximum absolute atomic E-state index is 11.5. The molecule has 152 valence electrons. The van der Waals surface area contributed by atoms with Crippen LogP contribution >= 0.6 is 0 Å². The fourth-order valence-electron chi connectivity index (χ4n) is 2.70. The second kappa shape index (κ2) is 13.7. The Balaban J connectivity index is 2.76. The van der Waals surface area contributed by atoms with Gasteiger partial charge in [0, 0.05) is 18.8 Å². The Bertz CT molecular complexity index is 535. The average molecular weight is 393 g/mol. The van der Waals surface area contributed by atoms with Crippen molar-refractivity contribution in [2.45, 2.75) is 65.3 Å². The fraction of sp³-hybridized carbons (Fsp3) is 0.591. The van der Waals surface area contributed by atoms with Gasteiger partial charge in [-0.15, -0.1) is 0 Å². The number of esters is 1. The Hall–Kier alpha value is -1.43. The number of rotatable bonds is 15. The van der Waals surface area contributed by atoms with Crippen molar-refractivity contribution >= 4 is 19.7 Å². The molecule has 0 unspecified atom stereocenters. The molecule has 0 saturated carbocycles. The quantitative estimate of drug-likeness (QED) is 0.185. The zero-order valence-corrected chi connectivity index (χ0v) is 18.3. The van der Waals surface area contributed by atoms with Crippen LogP contribution in [0.3, 0.4) is 0 Å². The molecule has 0 aliphatic heterocycles. The highest BCUT2D eigenvalue weighted by molar-refractivity contribution is 6.81. The summed E-state index contributed by atoms with van der Waals surface area (Å²) in [6.07, 6.45) is 5.98. The van der Waals surface area contributed by atoms with E-state index in [0.717, 1.165) is 57.8 Å². The van der Waals surface area contributed by atoms with Crippen LogP contribution in [0.2, 0.25) is 6.04 Å². The maximum atomic E-state index is 11.5. The van der Waals surface area contributed by atoms with Gasteiger partial charge in [0.1, 0.15) is 0 Å². The van der Waals surface area contributed by atoms with Crippen molar-refractivity contribution in [3.8, 4) is 0 Å². The molecule has 0 heterocycles. The van der Waals surface area contributed by atoms with Gasteiger partial charge in [0.15, 0.2) is 0 Å². The molecule has 0 aliphatic carbocycles. The summed E-state index contributed by atoms with van der Waals surface area (Å²) in [5.41, 5.74) is 0.439. The van der Waals surface area contributed by atoms with E-state index in [1.807, 2.05) is 6.07 Å². The number of carbonyl (C=O) groups is 1. The van der Waals surface area contributed by atoms with Crippen LogP contribution < -0.4 is 5.19 Å². The third-order valence-electron chi connectivity index (χ3n) is 4.36. The largest absolute Gasteiger partial charge is 0.462 e. The van der Waals surface area contributed by atoms with Crippen LogP contribution in [0, 0.1) is 0 Å². The van der Waals surface area contributed by atoms with Crippen LogP contribution in [0.15, 0.2) is 42.5 Å². The third-order valence-corrected chi connectivity index (χ3v) is 7.93. The van der Waals surface area contributed by atoms with Gasteiger partial charge in [0.2, 0.25) is 0 Å². The standard InChI is InChI=1S/C22H36O4Si/c1-5-7-17-25-27(26-18-8-6-2,21-14-10-9-11-15-21)19-13-12-16-24-22(23)20(3)4/h9-11,14-15H,3,5-8,12-13,16-19H2,1-2,4H3. The summed E-state index contributed by atoms with van der Waals surface area (Å²) < 4.78 is 18.1. The van der Waals surface area contributed by atoms with Gasteiger partial charge in [-0.25, -0.2) is 4.79 Å². The predicted molar refractivity (Wildman–Crippen MR) is 113 cm³/mol. The van der Waals surface area contributed by atoms with Gasteiger partial charge in [-0.05, 0) is 43.8 Å². The molecule has 27 heavy (non-hydrogen) atoms. The molecule has 0 aromatic heterocycles. The molecule has 0 amide bonds. The summed E-state index contributed by atoms with van der Waals surface area (Å²) in [5, 5.41) is 1.19. The lowest BCUT2D eigenvalue weighted by molar-refractivity contribution is -0.139. The number of hydrogen-bond donors (Lipinski definition) is 0. The van der Waals surface area contributed by atoms with E-state index in [4.69, 9.17) is 13.6 Å². The first-order chi connectivity index (χ1) is 13.1. The molecule has 4 nitrogen and oxygen atoms in total. The molecule has 0 bridgehead atoms. The molecule has 0 N–H and O–H groups in total. The number of carbonyl (C=O) groups excluding carboxylic acids is 1. The highest BCUT2D eigenvalue weighted by Crippen LogP contribution is 2.20. The molecule has 1 aromatic carbocycles. The summed E-state index contributed by atoms with van der Waals surface area (Å²) in [7, 11) is -2.50. The van der Waals surface area contributed by atoms with Gasteiger partial charge in [0.05, 0.1) is 6.61 Å². The van der Waals surface area contributed by atoms with E-state index in [1.165, 1.54) is 5.19 Å². The molecule has 0 spiro atoms. The Morgan fingerprint density at radius 2 is 1.52 bits per heavy atom. The van der Waals surface area contributed by atoms with E-state index in [2.05, 4.69) is 44.7 Å². The molecule has 0 radical (unpaired) electrons. The highest BCUT2D eigenvalue weighted by atomic mass is 28.4. The smallest absolute Gasteiger partial charge is 0.372 e. The van der Waals surface area contributed by atoms with Crippen LogP contribution in [-0.2, 0) is 18.4 Å². The van der Waals surface area contributed by atoms with Gasteiger partial charge in [-0.1, -0.05) is 63.6 Å². The first-order valence-corrected chi connectivity index (χ1v) is 12.2. The summed E-state index contributed by atoms with van der Waals surface area (Å²) in [5.74, 6) is -0.319. The van der Waals surface area contributed by atoms with Crippen molar-refractivity contribution in [2.75, 3.05) is 19.8 Å². The van der Waals surface area contributed by atoms with E-state index in [-0.39, 0.29) is 5.97 Å².